The number of aliphatic imine (C=N–C) groups is 1. The van der Waals surface area contributed by atoms with Crippen LogP contribution >= 0.6 is 11.6 Å². The molecule has 30 heavy (non-hydrogen) atoms. The molecule has 0 fully saturated rings. The highest BCUT2D eigenvalue weighted by Gasteiger charge is 2.34. The van der Waals surface area contributed by atoms with Gasteiger partial charge in [0.2, 0.25) is 11.7 Å². The first-order valence-corrected chi connectivity index (χ1v) is 8.57. The summed E-state index contributed by atoms with van der Waals surface area (Å²) in [6, 6.07) is 5.48. The summed E-state index contributed by atoms with van der Waals surface area (Å²) in [4.78, 5) is 16.1. The van der Waals surface area contributed by atoms with Crippen LogP contribution in [0.1, 0.15) is 21.9 Å². The summed E-state index contributed by atoms with van der Waals surface area (Å²) < 4.78 is 58.1. The van der Waals surface area contributed by atoms with Crippen LogP contribution in [0.3, 0.4) is 0 Å². The van der Waals surface area contributed by atoms with E-state index in [0.717, 1.165) is 22.9 Å². The maximum atomic E-state index is 13.6. The maximum absolute atomic E-state index is 13.6. The second kappa shape index (κ2) is 8.14. The Labute approximate surface area is 171 Å². The van der Waals surface area contributed by atoms with E-state index in [9.17, 15) is 22.4 Å². The van der Waals surface area contributed by atoms with Crippen molar-refractivity contribution in [3.8, 4) is 0 Å². The van der Waals surface area contributed by atoms with Gasteiger partial charge in [-0.2, -0.15) is 23.3 Å². The van der Waals surface area contributed by atoms with Gasteiger partial charge in [0.1, 0.15) is 11.6 Å². The molecule has 0 aliphatic rings. The van der Waals surface area contributed by atoms with Crippen molar-refractivity contribution in [3.05, 3.63) is 58.3 Å². The number of hydrogen-bond donors (Lipinski definition) is 2. The van der Waals surface area contributed by atoms with E-state index in [1.807, 2.05) is 0 Å². The second-order valence-corrected chi connectivity index (χ2v) is 6.48. The van der Waals surface area contributed by atoms with Crippen LogP contribution in [0.5, 0.6) is 0 Å². The number of hydrogen-bond acceptors (Lipinski definition) is 4. The highest BCUT2D eigenvalue weighted by atomic mass is 35.5. The van der Waals surface area contributed by atoms with E-state index in [-0.39, 0.29) is 28.2 Å². The largest absolute Gasteiger partial charge is 0.435 e. The Morgan fingerprint density at radius 3 is 2.50 bits per heavy atom. The van der Waals surface area contributed by atoms with Crippen molar-refractivity contribution in [2.75, 3.05) is 10.6 Å². The van der Waals surface area contributed by atoms with Gasteiger partial charge < -0.3 is 15.2 Å². The maximum Gasteiger partial charge on any atom is 0.435 e. The molecular weight excluding hydrogens is 432 g/mol. The number of anilines is 2. The average molecular weight is 445 g/mol. The van der Waals surface area contributed by atoms with Crippen LogP contribution in [-0.2, 0) is 13.2 Å². The molecule has 13 heteroatoms. The number of alkyl halides is 3. The predicted octanol–water partition coefficient (Wildman–Crippen LogP) is 4.25. The summed E-state index contributed by atoms with van der Waals surface area (Å²) in [5, 5.41) is 12.1. The number of aryl methyl sites for hydroxylation is 2. The monoisotopic (exact) mass is 444 g/mol. The van der Waals surface area contributed by atoms with Crippen molar-refractivity contribution in [1.29, 1.82) is 0 Å². The molecule has 3 aromatic rings. The molecule has 1 amide bonds. The molecule has 0 unspecified atom stereocenters. The number of rotatable bonds is 3. The minimum atomic E-state index is -4.67. The molecule has 0 saturated heterocycles. The molecular formula is C17H13ClF4N6O2. The molecule has 2 heterocycles. The quantitative estimate of drug-likeness (QED) is 0.356. The highest BCUT2D eigenvalue weighted by Crippen LogP contribution is 2.29. The van der Waals surface area contributed by atoms with Crippen molar-refractivity contribution < 1.29 is 26.9 Å². The first kappa shape index (κ1) is 21.3. The molecule has 2 aromatic heterocycles. The van der Waals surface area contributed by atoms with E-state index in [1.165, 1.54) is 19.2 Å². The summed E-state index contributed by atoms with van der Waals surface area (Å²) in [5.41, 5.74) is -0.641. The zero-order valence-electron chi connectivity index (χ0n) is 15.4. The molecule has 0 saturated carbocycles. The molecule has 158 valence electrons. The van der Waals surface area contributed by atoms with E-state index >= 15 is 0 Å². The van der Waals surface area contributed by atoms with E-state index in [0.29, 0.717) is 5.69 Å². The average Bonchev–Trinajstić information content (AvgIpc) is 3.20. The Morgan fingerprint density at radius 1 is 1.20 bits per heavy atom. The summed E-state index contributed by atoms with van der Waals surface area (Å²) in [6.07, 6.45) is -4.67. The number of benzene rings is 1. The lowest BCUT2D eigenvalue weighted by Gasteiger charge is -2.12. The van der Waals surface area contributed by atoms with Crippen LogP contribution in [0.15, 0.2) is 39.8 Å². The summed E-state index contributed by atoms with van der Waals surface area (Å²) >= 11 is 5.81. The molecule has 1 aromatic carbocycles. The number of amides is 1. The van der Waals surface area contributed by atoms with Gasteiger partial charge in [0.05, 0.1) is 5.69 Å². The van der Waals surface area contributed by atoms with Crippen LogP contribution in [0.4, 0.5) is 29.1 Å². The van der Waals surface area contributed by atoms with Gasteiger partial charge in [-0.1, -0.05) is 16.8 Å². The molecule has 0 radical (unpaired) electrons. The lowest BCUT2D eigenvalue weighted by Crippen LogP contribution is -2.25. The number of guanidine groups is 1. The van der Waals surface area contributed by atoms with Crippen molar-refractivity contribution in [1.82, 2.24) is 14.9 Å². The third-order valence-corrected chi connectivity index (χ3v) is 3.81. The SMILES string of the molecule is Cc1cc(C(=O)/N=C(/Nc2cc(F)cc(Cl)c2)Nc2cc(C(F)(F)F)nn2C)on1. The first-order valence-electron chi connectivity index (χ1n) is 8.19. The molecule has 0 aliphatic carbocycles. The number of carbonyl (C=O) groups is 1. The third-order valence-electron chi connectivity index (χ3n) is 3.59. The van der Waals surface area contributed by atoms with Crippen LogP contribution < -0.4 is 10.6 Å². The Morgan fingerprint density at radius 2 is 1.93 bits per heavy atom. The third kappa shape index (κ3) is 5.14. The number of aromatic nitrogens is 3. The van der Waals surface area contributed by atoms with Crippen molar-refractivity contribution >= 4 is 35.0 Å². The topological polar surface area (TPSA) is 97.3 Å². The van der Waals surface area contributed by atoms with Gasteiger partial charge in [0.15, 0.2) is 5.69 Å². The van der Waals surface area contributed by atoms with E-state index in [4.69, 9.17) is 16.1 Å². The number of nitrogens with one attached hydrogen (secondary N) is 2. The number of nitrogens with zero attached hydrogens (tertiary/aromatic N) is 4. The van der Waals surface area contributed by atoms with Crippen molar-refractivity contribution in [3.63, 3.8) is 0 Å². The van der Waals surface area contributed by atoms with Crippen LogP contribution in [0, 0.1) is 12.7 Å². The fraction of sp³-hybridized carbons (Fsp3) is 0.176. The van der Waals surface area contributed by atoms with Crippen LogP contribution in [0.2, 0.25) is 5.02 Å². The molecule has 0 spiro atoms. The Hall–Kier alpha value is -3.41. The van der Waals surface area contributed by atoms with Gasteiger partial charge in [0.25, 0.3) is 0 Å². The minimum absolute atomic E-state index is 0.0499. The molecule has 0 atom stereocenters. The Kier molecular flexibility index (Phi) is 5.78. The van der Waals surface area contributed by atoms with Gasteiger partial charge in [-0.15, -0.1) is 0 Å². The molecule has 8 nitrogen and oxygen atoms in total. The first-order chi connectivity index (χ1) is 14.0. The summed E-state index contributed by atoms with van der Waals surface area (Å²) in [7, 11) is 1.26. The lowest BCUT2D eigenvalue weighted by molar-refractivity contribution is -0.141. The highest BCUT2D eigenvalue weighted by molar-refractivity contribution is 6.31. The fourth-order valence-corrected chi connectivity index (χ4v) is 2.54. The van der Waals surface area contributed by atoms with Gasteiger partial charge in [-0.25, -0.2) is 4.39 Å². The molecule has 2 N–H and O–H groups in total. The van der Waals surface area contributed by atoms with Crippen LogP contribution in [0.25, 0.3) is 0 Å². The van der Waals surface area contributed by atoms with Gasteiger partial charge in [0, 0.05) is 29.9 Å². The zero-order valence-corrected chi connectivity index (χ0v) is 16.1. The van der Waals surface area contributed by atoms with Crippen molar-refractivity contribution in [2.24, 2.45) is 12.0 Å². The molecule has 0 aliphatic heterocycles. The number of carbonyl (C=O) groups excluding carboxylic acids is 1. The summed E-state index contributed by atoms with van der Waals surface area (Å²) in [5.74, 6) is -2.23. The number of halogens is 5. The Bertz CT molecular complexity index is 1100. The Balaban J connectivity index is 1.95. The van der Waals surface area contributed by atoms with E-state index in [1.54, 1.807) is 6.92 Å². The van der Waals surface area contributed by atoms with E-state index < -0.39 is 23.6 Å². The normalized spacial score (nSPS) is 12.2. The van der Waals surface area contributed by atoms with Crippen LogP contribution in [-0.4, -0.2) is 26.8 Å². The smallest absolute Gasteiger partial charge is 0.351 e. The van der Waals surface area contributed by atoms with Gasteiger partial charge >= 0.3 is 12.1 Å². The van der Waals surface area contributed by atoms with Crippen molar-refractivity contribution in [2.45, 2.75) is 13.1 Å². The molecule has 3 rings (SSSR count). The van der Waals surface area contributed by atoms with Gasteiger partial charge in [-0.3, -0.25) is 9.48 Å². The molecule has 0 bridgehead atoms. The zero-order chi connectivity index (χ0) is 22.1. The lowest BCUT2D eigenvalue weighted by atomic mass is 10.3. The predicted molar refractivity (Wildman–Crippen MR) is 99.9 cm³/mol. The fourth-order valence-electron chi connectivity index (χ4n) is 2.31. The van der Waals surface area contributed by atoms with Gasteiger partial charge in [-0.05, 0) is 25.1 Å². The second-order valence-electron chi connectivity index (χ2n) is 6.04. The van der Waals surface area contributed by atoms with E-state index in [2.05, 4.69) is 25.9 Å². The minimum Gasteiger partial charge on any atom is -0.351 e. The summed E-state index contributed by atoms with van der Waals surface area (Å²) in [6.45, 7) is 1.59. The standard InChI is InChI=1S/C17H13ClF4N6O2/c1-8-3-12(30-27-8)15(29)25-16(23-11-5-9(18)4-10(19)6-11)24-14-7-13(17(20,21)22)26-28(14)2/h3-7H,1-2H3,(H2,23,24,25,29).